The number of thioether (sulfide) groups is 1. The Labute approximate surface area is 172 Å². The molecule has 1 amide bonds. The summed E-state index contributed by atoms with van der Waals surface area (Å²) in [5.74, 6) is 2.40. The van der Waals surface area contributed by atoms with E-state index in [0.717, 1.165) is 11.3 Å². The predicted molar refractivity (Wildman–Crippen MR) is 111 cm³/mol. The van der Waals surface area contributed by atoms with Crippen LogP contribution < -0.4 is 19.5 Å². The van der Waals surface area contributed by atoms with Gasteiger partial charge in [-0.3, -0.25) is 10.1 Å². The van der Waals surface area contributed by atoms with Crippen molar-refractivity contribution in [2.75, 3.05) is 32.4 Å². The van der Waals surface area contributed by atoms with E-state index in [0.29, 0.717) is 22.8 Å². The zero-order chi connectivity index (χ0) is 20.6. The number of carbonyl (C=O) groups excluding carboxylic acids is 1. The van der Waals surface area contributed by atoms with E-state index in [-0.39, 0.29) is 23.6 Å². The Kier molecular flexibility index (Phi) is 6.96. The van der Waals surface area contributed by atoms with E-state index in [4.69, 9.17) is 18.6 Å². The van der Waals surface area contributed by atoms with Gasteiger partial charge in [-0.1, -0.05) is 35.4 Å². The molecule has 3 aromatic rings. The van der Waals surface area contributed by atoms with Crippen LogP contribution in [-0.4, -0.2) is 43.2 Å². The van der Waals surface area contributed by atoms with Gasteiger partial charge < -0.3 is 18.6 Å². The maximum atomic E-state index is 12.1. The number of anilines is 1. The number of carbonyl (C=O) groups is 1. The summed E-state index contributed by atoms with van der Waals surface area (Å²) in [6.45, 7) is 0. The fourth-order valence-corrected chi connectivity index (χ4v) is 3.37. The summed E-state index contributed by atoms with van der Waals surface area (Å²) in [5.41, 5.74) is 1.73. The average molecular weight is 415 g/mol. The Bertz CT molecular complexity index is 937. The summed E-state index contributed by atoms with van der Waals surface area (Å²) in [4.78, 5) is 12.1. The first-order valence-corrected chi connectivity index (χ1v) is 9.85. The van der Waals surface area contributed by atoms with Gasteiger partial charge in [-0.15, -0.1) is 16.9 Å². The third-order valence-corrected chi connectivity index (χ3v) is 4.93. The topological polar surface area (TPSA) is 95.7 Å². The number of benzene rings is 2. The van der Waals surface area contributed by atoms with Crippen LogP contribution in [0.3, 0.4) is 0 Å². The number of methoxy groups -OCH3 is 3. The van der Waals surface area contributed by atoms with Crippen molar-refractivity contribution in [3.63, 3.8) is 0 Å². The molecule has 0 radical (unpaired) electrons. The Morgan fingerprint density at radius 1 is 1.03 bits per heavy atom. The largest absolute Gasteiger partial charge is 0.493 e. The first-order valence-electron chi connectivity index (χ1n) is 8.70. The maximum absolute atomic E-state index is 12.1. The summed E-state index contributed by atoms with van der Waals surface area (Å²) < 4.78 is 21.5. The van der Waals surface area contributed by atoms with Gasteiger partial charge in [0.05, 0.1) is 27.1 Å². The molecule has 0 saturated carbocycles. The third kappa shape index (κ3) is 5.20. The molecule has 0 saturated heterocycles. The molecule has 8 nitrogen and oxygen atoms in total. The lowest BCUT2D eigenvalue weighted by molar-refractivity contribution is -0.113. The highest BCUT2D eigenvalue weighted by atomic mass is 32.2. The van der Waals surface area contributed by atoms with Gasteiger partial charge >= 0.3 is 6.01 Å². The van der Waals surface area contributed by atoms with Crippen LogP contribution in [-0.2, 0) is 10.5 Å². The van der Waals surface area contributed by atoms with Crippen LogP contribution in [0.5, 0.6) is 17.2 Å². The molecule has 0 aliphatic rings. The second-order valence-electron chi connectivity index (χ2n) is 5.85. The minimum atomic E-state index is -0.217. The van der Waals surface area contributed by atoms with E-state index >= 15 is 0 Å². The van der Waals surface area contributed by atoms with Crippen LogP contribution in [0.15, 0.2) is 46.9 Å². The molecule has 0 aliphatic carbocycles. The summed E-state index contributed by atoms with van der Waals surface area (Å²) in [5, 5.41) is 10.5. The first kappa shape index (κ1) is 20.5. The highest BCUT2D eigenvalue weighted by Crippen LogP contribution is 2.41. The lowest BCUT2D eigenvalue weighted by Gasteiger charge is -2.12. The Balaban J connectivity index is 1.64. The Hall–Kier alpha value is -3.20. The number of rotatable bonds is 9. The standard InChI is InChI=1S/C20H21N3O5S/c1-25-15-9-14(10-16(26-2)18(15)27-3)19-22-23-20(28-19)21-17(24)12-29-11-13-7-5-4-6-8-13/h4-10H,11-12H2,1-3H3,(H,21,23,24). The molecular formula is C20H21N3O5S. The summed E-state index contributed by atoms with van der Waals surface area (Å²) in [6.07, 6.45) is 0. The van der Waals surface area contributed by atoms with Crippen LogP contribution in [0.25, 0.3) is 11.5 Å². The fraction of sp³-hybridized carbons (Fsp3) is 0.250. The van der Waals surface area contributed by atoms with E-state index in [9.17, 15) is 4.79 Å². The summed E-state index contributed by atoms with van der Waals surface area (Å²) in [7, 11) is 4.57. The second-order valence-corrected chi connectivity index (χ2v) is 6.84. The highest BCUT2D eigenvalue weighted by molar-refractivity contribution is 7.99. The molecule has 0 bridgehead atoms. The molecule has 2 aromatic carbocycles. The van der Waals surface area contributed by atoms with Crippen LogP contribution in [0, 0.1) is 0 Å². The van der Waals surface area contributed by atoms with Crippen molar-refractivity contribution in [2.24, 2.45) is 0 Å². The Morgan fingerprint density at radius 3 is 2.34 bits per heavy atom. The van der Waals surface area contributed by atoms with Crippen molar-refractivity contribution in [3.8, 4) is 28.7 Å². The van der Waals surface area contributed by atoms with Crippen LogP contribution in [0.2, 0.25) is 0 Å². The van der Waals surface area contributed by atoms with Crippen molar-refractivity contribution >= 4 is 23.7 Å². The van der Waals surface area contributed by atoms with E-state index in [1.165, 1.54) is 33.1 Å². The quantitative estimate of drug-likeness (QED) is 0.566. The van der Waals surface area contributed by atoms with Crippen molar-refractivity contribution in [1.82, 2.24) is 10.2 Å². The number of nitrogens with one attached hydrogen (secondary N) is 1. The van der Waals surface area contributed by atoms with E-state index in [2.05, 4.69) is 15.5 Å². The van der Waals surface area contributed by atoms with Crippen molar-refractivity contribution in [1.29, 1.82) is 0 Å². The molecular weight excluding hydrogens is 394 g/mol. The minimum Gasteiger partial charge on any atom is -0.493 e. The third-order valence-electron chi connectivity index (χ3n) is 3.93. The number of ether oxygens (including phenoxy) is 3. The molecule has 0 aliphatic heterocycles. The van der Waals surface area contributed by atoms with E-state index in [1.807, 2.05) is 30.3 Å². The van der Waals surface area contributed by atoms with Gasteiger partial charge in [-0.05, 0) is 17.7 Å². The van der Waals surface area contributed by atoms with Gasteiger partial charge in [0.15, 0.2) is 11.5 Å². The molecule has 0 unspecified atom stereocenters. The maximum Gasteiger partial charge on any atom is 0.322 e. The Morgan fingerprint density at radius 2 is 1.72 bits per heavy atom. The molecule has 1 aromatic heterocycles. The number of hydrogen-bond acceptors (Lipinski definition) is 8. The number of hydrogen-bond donors (Lipinski definition) is 1. The monoisotopic (exact) mass is 415 g/mol. The van der Waals surface area contributed by atoms with Crippen LogP contribution in [0.1, 0.15) is 5.56 Å². The number of nitrogens with zero attached hydrogens (tertiary/aromatic N) is 2. The predicted octanol–water partition coefficient (Wildman–Crippen LogP) is 3.63. The number of aromatic nitrogens is 2. The van der Waals surface area contributed by atoms with Crippen molar-refractivity contribution in [3.05, 3.63) is 48.0 Å². The molecule has 29 heavy (non-hydrogen) atoms. The van der Waals surface area contributed by atoms with Gasteiger partial charge in [0, 0.05) is 11.3 Å². The van der Waals surface area contributed by atoms with Crippen molar-refractivity contribution in [2.45, 2.75) is 5.75 Å². The summed E-state index contributed by atoms with van der Waals surface area (Å²) >= 11 is 1.50. The van der Waals surface area contributed by atoms with E-state index in [1.54, 1.807) is 12.1 Å². The van der Waals surface area contributed by atoms with Gasteiger partial charge in [-0.2, -0.15) is 0 Å². The molecule has 152 valence electrons. The second kappa shape index (κ2) is 9.83. The SMILES string of the molecule is COc1cc(-c2nnc(NC(=O)CSCc3ccccc3)o2)cc(OC)c1OC. The highest BCUT2D eigenvalue weighted by Gasteiger charge is 2.18. The minimum absolute atomic E-state index is 0.0269. The van der Waals surface area contributed by atoms with Crippen LogP contribution in [0.4, 0.5) is 6.01 Å². The molecule has 0 fully saturated rings. The van der Waals surface area contributed by atoms with Gasteiger partial charge in [-0.25, -0.2) is 0 Å². The van der Waals surface area contributed by atoms with Gasteiger partial charge in [0.25, 0.3) is 0 Å². The smallest absolute Gasteiger partial charge is 0.322 e. The molecule has 1 N–H and O–H groups in total. The number of amides is 1. The normalized spacial score (nSPS) is 10.4. The molecule has 0 spiro atoms. The molecule has 3 rings (SSSR count). The van der Waals surface area contributed by atoms with Gasteiger partial charge in [0.1, 0.15) is 0 Å². The zero-order valence-electron chi connectivity index (χ0n) is 16.3. The lowest BCUT2D eigenvalue weighted by Crippen LogP contribution is -2.14. The summed E-state index contributed by atoms with van der Waals surface area (Å²) in [6, 6.07) is 13.4. The lowest BCUT2D eigenvalue weighted by atomic mass is 10.2. The van der Waals surface area contributed by atoms with E-state index < -0.39 is 0 Å². The van der Waals surface area contributed by atoms with Crippen molar-refractivity contribution < 1.29 is 23.4 Å². The fourth-order valence-electron chi connectivity index (χ4n) is 2.59. The first-order chi connectivity index (χ1) is 14.1. The molecule has 9 heteroatoms. The van der Waals surface area contributed by atoms with Gasteiger partial charge in [0.2, 0.25) is 17.5 Å². The molecule has 1 heterocycles. The average Bonchev–Trinajstić information content (AvgIpc) is 3.21. The van der Waals surface area contributed by atoms with Crippen LogP contribution >= 0.6 is 11.8 Å². The molecule has 0 atom stereocenters. The zero-order valence-corrected chi connectivity index (χ0v) is 17.1.